The van der Waals surface area contributed by atoms with Gasteiger partial charge in [0, 0.05) is 5.69 Å². The van der Waals surface area contributed by atoms with Crippen LogP contribution in [0.3, 0.4) is 0 Å². The summed E-state index contributed by atoms with van der Waals surface area (Å²) in [7, 11) is -3.63. The molecule has 1 aromatic carbocycles. The van der Waals surface area contributed by atoms with E-state index < -0.39 is 10.0 Å². The molecule has 0 fully saturated rings. The third kappa shape index (κ3) is 2.45. The van der Waals surface area contributed by atoms with Gasteiger partial charge in [-0.1, -0.05) is 13.0 Å². The Labute approximate surface area is 105 Å². The first-order valence-electron chi connectivity index (χ1n) is 5.42. The maximum atomic E-state index is 11.9. The maximum absolute atomic E-state index is 11.9. The number of rotatable bonds is 4. The highest BCUT2D eigenvalue weighted by Gasteiger charge is 2.15. The SMILES string of the molecule is CCc1ccc(NS(=O)(=O)c2cnc[nH]2)cc1N. The molecule has 1 heterocycles. The Bertz CT molecular complexity index is 635. The zero-order valence-electron chi connectivity index (χ0n) is 9.84. The van der Waals surface area contributed by atoms with Crippen LogP contribution in [0.25, 0.3) is 0 Å². The highest BCUT2D eigenvalue weighted by Crippen LogP contribution is 2.20. The van der Waals surface area contributed by atoms with Gasteiger partial charge in [-0.2, -0.15) is 8.42 Å². The van der Waals surface area contributed by atoms with E-state index in [9.17, 15) is 8.42 Å². The lowest BCUT2D eigenvalue weighted by molar-refractivity contribution is 0.598. The van der Waals surface area contributed by atoms with Crippen molar-refractivity contribution < 1.29 is 8.42 Å². The van der Waals surface area contributed by atoms with E-state index in [2.05, 4.69) is 14.7 Å². The number of nitrogens with one attached hydrogen (secondary N) is 2. The smallest absolute Gasteiger partial charge is 0.278 e. The summed E-state index contributed by atoms with van der Waals surface area (Å²) in [6.07, 6.45) is 3.36. The Hall–Kier alpha value is -2.02. The highest BCUT2D eigenvalue weighted by atomic mass is 32.2. The van der Waals surface area contributed by atoms with E-state index in [0.717, 1.165) is 12.0 Å². The van der Waals surface area contributed by atoms with Gasteiger partial charge < -0.3 is 10.7 Å². The fourth-order valence-electron chi connectivity index (χ4n) is 1.58. The van der Waals surface area contributed by atoms with Crippen molar-refractivity contribution in [3.8, 4) is 0 Å². The largest absolute Gasteiger partial charge is 0.398 e. The van der Waals surface area contributed by atoms with Crippen molar-refractivity contribution in [3.63, 3.8) is 0 Å². The van der Waals surface area contributed by atoms with Gasteiger partial charge in [-0.15, -0.1) is 0 Å². The van der Waals surface area contributed by atoms with E-state index in [1.165, 1.54) is 12.5 Å². The van der Waals surface area contributed by atoms with Gasteiger partial charge in [0.2, 0.25) is 0 Å². The number of hydrogen-bond acceptors (Lipinski definition) is 4. The first-order valence-corrected chi connectivity index (χ1v) is 6.91. The highest BCUT2D eigenvalue weighted by molar-refractivity contribution is 7.92. The molecule has 7 heteroatoms. The molecule has 0 saturated carbocycles. The van der Waals surface area contributed by atoms with Crippen LogP contribution >= 0.6 is 0 Å². The van der Waals surface area contributed by atoms with E-state index in [1.807, 2.05) is 6.92 Å². The number of nitrogens with zero attached hydrogens (tertiary/aromatic N) is 1. The van der Waals surface area contributed by atoms with Crippen molar-refractivity contribution in [2.45, 2.75) is 18.4 Å². The summed E-state index contributed by atoms with van der Waals surface area (Å²) >= 11 is 0. The van der Waals surface area contributed by atoms with Crippen molar-refractivity contribution in [1.29, 1.82) is 0 Å². The summed E-state index contributed by atoms with van der Waals surface area (Å²) in [5, 5.41) is 0.0145. The van der Waals surface area contributed by atoms with Crippen LogP contribution < -0.4 is 10.5 Å². The predicted octanol–water partition coefficient (Wildman–Crippen LogP) is 1.36. The number of sulfonamides is 1. The van der Waals surface area contributed by atoms with Gasteiger partial charge in [0.05, 0.1) is 18.2 Å². The van der Waals surface area contributed by atoms with Crippen LogP contribution in [0.5, 0.6) is 0 Å². The average molecular weight is 266 g/mol. The maximum Gasteiger partial charge on any atom is 0.278 e. The third-order valence-corrected chi connectivity index (χ3v) is 3.85. The van der Waals surface area contributed by atoms with E-state index in [4.69, 9.17) is 5.73 Å². The standard InChI is InChI=1S/C11H14N4O2S/c1-2-8-3-4-9(5-10(8)12)15-18(16,17)11-6-13-7-14-11/h3-7,15H,2,12H2,1H3,(H,13,14). The number of imidazole rings is 1. The van der Waals surface area contributed by atoms with Crippen LogP contribution in [0.1, 0.15) is 12.5 Å². The monoisotopic (exact) mass is 266 g/mol. The molecular weight excluding hydrogens is 252 g/mol. The molecule has 0 unspecified atom stereocenters. The van der Waals surface area contributed by atoms with Crippen LogP contribution in [0.15, 0.2) is 35.7 Å². The zero-order valence-corrected chi connectivity index (χ0v) is 10.7. The second-order valence-corrected chi connectivity index (χ2v) is 5.44. The van der Waals surface area contributed by atoms with E-state index in [1.54, 1.807) is 18.2 Å². The average Bonchev–Trinajstić information content (AvgIpc) is 2.82. The van der Waals surface area contributed by atoms with Crippen molar-refractivity contribution in [2.24, 2.45) is 0 Å². The van der Waals surface area contributed by atoms with E-state index >= 15 is 0 Å². The Morgan fingerprint density at radius 1 is 1.44 bits per heavy atom. The van der Waals surface area contributed by atoms with Gasteiger partial charge in [0.15, 0.2) is 5.03 Å². The number of hydrogen-bond donors (Lipinski definition) is 3. The van der Waals surface area contributed by atoms with Crippen molar-refractivity contribution >= 4 is 21.4 Å². The normalized spacial score (nSPS) is 11.4. The second kappa shape index (κ2) is 4.69. The van der Waals surface area contributed by atoms with Gasteiger partial charge in [0.25, 0.3) is 10.0 Å². The molecule has 0 radical (unpaired) electrons. The van der Waals surface area contributed by atoms with Crippen LogP contribution in [0, 0.1) is 0 Å². The first kappa shape index (κ1) is 12.4. The summed E-state index contributed by atoms with van der Waals surface area (Å²) in [5.74, 6) is 0. The van der Waals surface area contributed by atoms with Gasteiger partial charge in [-0.25, -0.2) is 4.98 Å². The minimum Gasteiger partial charge on any atom is -0.398 e. The predicted molar refractivity (Wildman–Crippen MR) is 69.6 cm³/mol. The fourth-order valence-corrected chi connectivity index (χ4v) is 2.54. The summed E-state index contributed by atoms with van der Waals surface area (Å²) in [5.41, 5.74) is 7.80. The lowest BCUT2D eigenvalue weighted by Gasteiger charge is -2.09. The third-order valence-electron chi connectivity index (χ3n) is 2.54. The van der Waals surface area contributed by atoms with Gasteiger partial charge in [0.1, 0.15) is 0 Å². The molecule has 2 aromatic rings. The van der Waals surface area contributed by atoms with Gasteiger partial charge >= 0.3 is 0 Å². The number of aryl methyl sites for hydroxylation is 1. The molecule has 1 aromatic heterocycles. The molecule has 18 heavy (non-hydrogen) atoms. The molecule has 6 nitrogen and oxygen atoms in total. The first-order chi connectivity index (χ1) is 8.53. The van der Waals surface area contributed by atoms with Crippen molar-refractivity contribution in [3.05, 3.63) is 36.3 Å². The lowest BCUT2D eigenvalue weighted by Crippen LogP contribution is -2.13. The Morgan fingerprint density at radius 2 is 2.22 bits per heavy atom. The lowest BCUT2D eigenvalue weighted by atomic mass is 10.1. The quantitative estimate of drug-likeness (QED) is 0.727. The molecule has 0 bridgehead atoms. The Morgan fingerprint density at radius 3 is 2.78 bits per heavy atom. The molecule has 2 rings (SSSR count). The molecule has 0 aliphatic carbocycles. The van der Waals surface area contributed by atoms with Crippen LogP contribution in [-0.4, -0.2) is 18.4 Å². The molecule has 4 N–H and O–H groups in total. The zero-order chi connectivity index (χ0) is 13.2. The molecular formula is C11H14N4O2S. The Balaban J connectivity index is 2.27. The van der Waals surface area contributed by atoms with Crippen LogP contribution in [-0.2, 0) is 16.4 Å². The van der Waals surface area contributed by atoms with Gasteiger partial charge in [-0.05, 0) is 24.1 Å². The van der Waals surface area contributed by atoms with E-state index in [0.29, 0.717) is 11.4 Å². The fraction of sp³-hybridized carbons (Fsp3) is 0.182. The number of benzene rings is 1. The number of nitrogen functional groups attached to an aromatic ring is 1. The van der Waals surface area contributed by atoms with Crippen molar-refractivity contribution in [1.82, 2.24) is 9.97 Å². The minimum atomic E-state index is -3.63. The number of anilines is 2. The van der Waals surface area contributed by atoms with Crippen molar-refractivity contribution in [2.75, 3.05) is 10.5 Å². The van der Waals surface area contributed by atoms with Crippen LogP contribution in [0.2, 0.25) is 0 Å². The summed E-state index contributed by atoms with van der Waals surface area (Å²) in [6, 6.07) is 5.09. The molecule has 0 aliphatic rings. The number of aromatic nitrogens is 2. The minimum absolute atomic E-state index is 0.0145. The summed E-state index contributed by atoms with van der Waals surface area (Å²) in [4.78, 5) is 6.22. The molecule has 0 saturated heterocycles. The Kier molecular flexibility index (Phi) is 3.24. The topological polar surface area (TPSA) is 101 Å². The number of H-pyrrole nitrogens is 1. The number of aromatic amines is 1. The molecule has 0 aliphatic heterocycles. The summed E-state index contributed by atoms with van der Waals surface area (Å²) in [6.45, 7) is 1.99. The van der Waals surface area contributed by atoms with Gasteiger partial charge in [-0.3, -0.25) is 4.72 Å². The van der Waals surface area contributed by atoms with E-state index in [-0.39, 0.29) is 5.03 Å². The second-order valence-electron chi connectivity index (χ2n) is 3.79. The molecule has 96 valence electrons. The number of nitrogens with two attached hydrogens (primary N) is 1. The molecule has 0 amide bonds. The summed E-state index contributed by atoms with van der Waals surface area (Å²) < 4.78 is 26.2. The molecule has 0 atom stereocenters. The van der Waals surface area contributed by atoms with Crippen LogP contribution in [0.4, 0.5) is 11.4 Å². The molecule has 0 spiro atoms.